The quantitative estimate of drug-likeness (QED) is 0.146. The van der Waals surface area contributed by atoms with Crippen molar-refractivity contribution in [2.75, 3.05) is 0 Å². The third kappa shape index (κ3) is 6.94. The minimum absolute atomic E-state index is 0.541. The summed E-state index contributed by atoms with van der Waals surface area (Å²) in [6.45, 7) is 7.58. The van der Waals surface area contributed by atoms with Crippen molar-refractivity contribution in [1.82, 2.24) is 29.9 Å². The van der Waals surface area contributed by atoms with E-state index in [1.54, 1.807) is 0 Å². The Morgan fingerprint density at radius 2 is 0.607 bits per heavy atom. The molecule has 7 aromatic carbocycles. The molecule has 2 aromatic heterocycles. The smallest absolute Gasteiger partial charge is 0.187 e. The predicted molar refractivity (Wildman–Crippen MR) is 223 cm³/mol. The van der Waals surface area contributed by atoms with Gasteiger partial charge in [0.2, 0.25) is 0 Å². The molecule has 0 radical (unpaired) electrons. The van der Waals surface area contributed by atoms with E-state index in [9.17, 15) is 0 Å². The largest absolute Gasteiger partial charge is 0.238 e. The third-order valence-corrected chi connectivity index (χ3v) is 9.45. The van der Waals surface area contributed by atoms with Crippen molar-refractivity contribution in [3.8, 4) is 90.6 Å². The maximum absolute atomic E-state index is 7.58. The van der Waals surface area contributed by atoms with Crippen LogP contribution in [0.1, 0.15) is 0 Å². The van der Waals surface area contributed by atoms with Gasteiger partial charge in [-0.3, -0.25) is 0 Å². The fraction of sp³-hybridized carbons (Fsp3) is 0. The van der Waals surface area contributed by atoms with Crippen LogP contribution in [0.4, 0.5) is 5.69 Å². The van der Waals surface area contributed by atoms with Crippen molar-refractivity contribution < 1.29 is 0 Å². The van der Waals surface area contributed by atoms with E-state index in [0.717, 1.165) is 55.6 Å². The summed E-state index contributed by atoms with van der Waals surface area (Å²) in [6.07, 6.45) is 0. The monoisotopic (exact) mass is 717 g/mol. The van der Waals surface area contributed by atoms with E-state index in [4.69, 9.17) is 36.5 Å². The average Bonchev–Trinajstić information content (AvgIpc) is 3.29. The van der Waals surface area contributed by atoms with Gasteiger partial charge < -0.3 is 0 Å². The standard InChI is InChI=1S/C49H31N7/c1-50-39-29-26-33(27-30-39)43-32-38(28-31-42(43)49-55-46(36-20-10-4-11-21-36)52-47(56-49)37-22-12-5-13-23-37)40-24-14-15-25-41(40)48-53-44(34-16-6-2-7-17-34)51-45(54-48)35-18-8-3-9-19-35/h2-32H. The molecular weight excluding hydrogens is 687 g/mol. The average molecular weight is 718 g/mol. The molecule has 0 bridgehead atoms. The lowest BCUT2D eigenvalue weighted by molar-refractivity contribution is 1.07. The first-order chi connectivity index (χ1) is 27.7. The summed E-state index contributed by atoms with van der Waals surface area (Å²) in [5, 5.41) is 0. The second kappa shape index (κ2) is 15.2. The molecule has 0 unspecified atom stereocenters. The van der Waals surface area contributed by atoms with Crippen LogP contribution < -0.4 is 0 Å². The van der Waals surface area contributed by atoms with Crippen molar-refractivity contribution in [1.29, 1.82) is 0 Å². The van der Waals surface area contributed by atoms with Gasteiger partial charge in [0.1, 0.15) is 0 Å². The normalized spacial score (nSPS) is 10.8. The van der Waals surface area contributed by atoms with Gasteiger partial charge in [0, 0.05) is 33.4 Å². The highest BCUT2D eigenvalue weighted by molar-refractivity contribution is 5.89. The van der Waals surface area contributed by atoms with Crippen molar-refractivity contribution in [3.05, 3.63) is 199 Å². The lowest BCUT2D eigenvalue weighted by Gasteiger charge is -2.16. The van der Waals surface area contributed by atoms with Crippen LogP contribution in [0, 0.1) is 6.57 Å². The van der Waals surface area contributed by atoms with Crippen molar-refractivity contribution in [3.63, 3.8) is 0 Å². The van der Waals surface area contributed by atoms with E-state index >= 15 is 0 Å². The summed E-state index contributed by atoms with van der Waals surface area (Å²) in [5.74, 6) is 3.46. The third-order valence-electron chi connectivity index (χ3n) is 9.45. The number of hydrogen-bond donors (Lipinski definition) is 0. The molecule has 2 heterocycles. The van der Waals surface area contributed by atoms with Crippen LogP contribution >= 0.6 is 0 Å². The van der Waals surface area contributed by atoms with Gasteiger partial charge >= 0.3 is 0 Å². The maximum Gasteiger partial charge on any atom is 0.187 e. The second-order valence-corrected chi connectivity index (χ2v) is 13.0. The summed E-state index contributed by atoms with van der Waals surface area (Å²) < 4.78 is 0. The predicted octanol–water partition coefficient (Wildman–Crippen LogP) is 11.9. The molecule has 9 aromatic rings. The van der Waals surface area contributed by atoms with Crippen LogP contribution in [-0.2, 0) is 0 Å². The number of benzene rings is 7. The number of hydrogen-bond acceptors (Lipinski definition) is 6. The first-order valence-corrected chi connectivity index (χ1v) is 18.2. The fourth-order valence-corrected chi connectivity index (χ4v) is 6.65. The maximum atomic E-state index is 7.58. The molecule has 56 heavy (non-hydrogen) atoms. The molecule has 0 spiro atoms. The zero-order chi connectivity index (χ0) is 37.7. The van der Waals surface area contributed by atoms with Crippen LogP contribution in [0.25, 0.3) is 95.4 Å². The Labute approximate surface area is 324 Å². The van der Waals surface area contributed by atoms with E-state index in [1.165, 1.54) is 0 Å². The molecule has 0 aliphatic heterocycles. The summed E-state index contributed by atoms with van der Waals surface area (Å²) in [4.78, 5) is 33.7. The SMILES string of the molecule is [C-]#[N+]c1ccc(-c2cc(-c3ccccc3-c3nc(-c4ccccc4)nc(-c4ccccc4)n3)ccc2-c2nc(-c3ccccc3)nc(-c3ccccc3)n2)cc1. The number of nitrogens with zero attached hydrogens (tertiary/aromatic N) is 7. The Morgan fingerprint density at radius 1 is 0.268 bits per heavy atom. The van der Waals surface area contributed by atoms with E-state index < -0.39 is 0 Å². The molecule has 0 fully saturated rings. The minimum atomic E-state index is 0.541. The van der Waals surface area contributed by atoms with E-state index in [-0.39, 0.29) is 0 Å². The fourth-order valence-electron chi connectivity index (χ4n) is 6.65. The topological polar surface area (TPSA) is 81.7 Å². The Bertz CT molecular complexity index is 2720. The minimum Gasteiger partial charge on any atom is -0.238 e. The molecule has 0 aliphatic rings. The number of rotatable bonds is 8. The highest BCUT2D eigenvalue weighted by atomic mass is 15.0. The van der Waals surface area contributed by atoms with Crippen LogP contribution in [0.2, 0.25) is 0 Å². The molecule has 9 rings (SSSR count). The van der Waals surface area contributed by atoms with Crippen molar-refractivity contribution in [2.45, 2.75) is 0 Å². The lowest BCUT2D eigenvalue weighted by Crippen LogP contribution is -2.02. The summed E-state index contributed by atoms with van der Waals surface area (Å²) in [7, 11) is 0. The zero-order valence-corrected chi connectivity index (χ0v) is 30.0. The van der Waals surface area contributed by atoms with E-state index in [2.05, 4.69) is 35.2 Å². The Hall–Kier alpha value is -7.95. The number of aromatic nitrogens is 6. The molecule has 0 saturated carbocycles. The Kier molecular flexibility index (Phi) is 9.18. The second-order valence-electron chi connectivity index (χ2n) is 13.0. The van der Waals surface area contributed by atoms with Crippen LogP contribution in [0.3, 0.4) is 0 Å². The molecule has 0 N–H and O–H groups in total. The molecule has 0 aliphatic carbocycles. The van der Waals surface area contributed by atoms with Crippen LogP contribution in [0.15, 0.2) is 188 Å². The van der Waals surface area contributed by atoms with Gasteiger partial charge in [-0.25, -0.2) is 34.7 Å². The first-order valence-electron chi connectivity index (χ1n) is 18.2. The van der Waals surface area contributed by atoms with Gasteiger partial charge in [0.25, 0.3) is 0 Å². The molecule has 7 nitrogen and oxygen atoms in total. The van der Waals surface area contributed by atoms with Gasteiger partial charge in [0.05, 0.1) is 6.57 Å². The highest BCUT2D eigenvalue weighted by Crippen LogP contribution is 2.39. The highest BCUT2D eigenvalue weighted by Gasteiger charge is 2.20. The summed E-state index contributed by atoms with van der Waals surface area (Å²) >= 11 is 0. The summed E-state index contributed by atoms with van der Waals surface area (Å²) in [6, 6.07) is 62.0. The summed E-state index contributed by atoms with van der Waals surface area (Å²) in [5.41, 5.74) is 9.59. The first kappa shape index (κ1) is 33.9. The van der Waals surface area contributed by atoms with Crippen molar-refractivity contribution >= 4 is 5.69 Å². The van der Waals surface area contributed by atoms with Crippen LogP contribution in [0.5, 0.6) is 0 Å². The van der Waals surface area contributed by atoms with E-state index in [1.807, 2.05) is 158 Å². The van der Waals surface area contributed by atoms with Gasteiger partial charge in [-0.05, 0) is 34.4 Å². The van der Waals surface area contributed by atoms with Gasteiger partial charge in [-0.2, -0.15) is 0 Å². The Balaban J connectivity index is 1.24. The molecular formula is C49H31N7. The van der Waals surface area contributed by atoms with Gasteiger partial charge in [0.15, 0.2) is 40.6 Å². The molecule has 262 valence electrons. The van der Waals surface area contributed by atoms with E-state index in [0.29, 0.717) is 40.6 Å². The molecule has 0 saturated heterocycles. The zero-order valence-electron chi connectivity index (χ0n) is 30.0. The van der Waals surface area contributed by atoms with Gasteiger partial charge in [-0.15, -0.1) is 0 Å². The van der Waals surface area contributed by atoms with Crippen LogP contribution in [-0.4, -0.2) is 29.9 Å². The van der Waals surface area contributed by atoms with Gasteiger partial charge in [-0.1, -0.05) is 176 Å². The molecule has 7 heteroatoms. The van der Waals surface area contributed by atoms with Crippen molar-refractivity contribution in [2.24, 2.45) is 0 Å². The molecule has 0 amide bonds. The molecule has 0 atom stereocenters. The lowest BCUT2D eigenvalue weighted by atomic mass is 9.92. The Morgan fingerprint density at radius 3 is 1.02 bits per heavy atom.